The molecule has 1 rings (SSSR count). The van der Waals surface area contributed by atoms with E-state index in [1.807, 2.05) is 0 Å². The normalized spacial score (nSPS) is 17.6. The lowest BCUT2D eigenvalue weighted by Gasteiger charge is -2.19. The number of hydrogen-bond donors (Lipinski definition) is 1. The van der Waals surface area contributed by atoms with Gasteiger partial charge in [0.2, 0.25) is 5.91 Å². The van der Waals surface area contributed by atoms with E-state index in [1.165, 1.54) is 5.01 Å². The summed E-state index contributed by atoms with van der Waals surface area (Å²) < 4.78 is 0. The van der Waals surface area contributed by atoms with Crippen molar-refractivity contribution in [2.45, 2.75) is 19.8 Å². The van der Waals surface area contributed by atoms with Crippen LogP contribution in [0.25, 0.3) is 0 Å². The van der Waals surface area contributed by atoms with Crippen molar-refractivity contribution in [3.05, 3.63) is 0 Å². The number of carbonyl (C=O) groups excluding carboxylic acids is 1. The van der Waals surface area contributed by atoms with Crippen molar-refractivity contribution in [2.24, 2.45) is 5.10 Å². The number of hydrazone groups is 1. The second-order valence-electron chi connectivity index (χ2n) is 2.46. The Morgan fingerprint density at radius 3 is 2.83 bits per heavy atom. The number of aliphatic carboxylic acids is 1. The molecule has 66 valence electrons. The van der Waals surface area contributed by atoms with Gasteiger partial charge in [0.1, 0.15) is 5.71 Å². The van der Waals surface area contributed by atoms with Crippen LogP contribution in [0, 0.1) is 0 Å². The Bertz CT molecular complexity index is 247. The summed E-state index contributed by atoms with van der Waals surface area (Å²) in [5.74, 6) is -1.15. The van der Waals surface area contributed by atoms with E-state index in [-0.39, 0.29) is 24.5 Å². The van der Waals surface area contributed by atoms with Crippen LogP contribution in [0.3, 0.4) is 0 Å². The SMILES string of the molecule is CCN1N=C(C(=O)O)CCC1=O. The number of amides is 1. The molecule has 12 heavy (non-hydrogen) atoms. The maximum Gasteiger partial charge on any atom is 0.352 e. The van der Waals surface area contributed by atoms with Gasteiger partial charge in [0.25, 0.3) is 0 Å². The summed E-state index contributed by atoms with van der Waals surface area (Å²) in [5, 5.41) is 13.4. The number of carboxylic acid groups (broad SMARTS) is 1. The van der Waals surface area contributed by atoms with E-state index in [9.17, 15) is 9.59 Å². The van der Waals surface area contributed by atoms with Crippen LogP contribution >= 0.6 is 0 Å². The van der Waals surface area contributed by atoms with E-state index < -0.39 is 5.97 Å². The van der Waals surface area contributed by atoms with Crippen molar-refractivity contribution < 1.29 is 14.7 Å². The maximum atomic E-state index is 11.0. The second kappa shape index (κ2) is 3.34. The summed E-state index contributed by atoms with van der Waals surface area (Å²) in [7, 11) is 0. The highest BCUT2D eigenvalue weighted by Gasteiger charge is 2.22. The fourth-order valence-electron chi connectivity index (χ4n) is 1.00. The Balaban J connectivity index is 2.80. The highest BCUT2D eigenvalue weighted by molar-refractivity contribution is 6.36. The van der Waals surface area contributed by atoms with E-state index in [0.717, 1.165) is 0 Å². The molecule has 0 aromatic carbocycles. The average Bonchev–Trinajstić information content (AvgIpc) is 2.05. The lowest BCUT2D eigenvalue weighted by Crippen LogP contribution is -2.33. The zero-order chi connectivity index (χ0) is 9.14. The molecule has 1 N–H and O–H groups in total. The Labute approximate surface area is 69.7 Å². The van der Waals surface area contributed by atoms with E-state index in [4.69, 9.17) is 5.11 Å². The predicted molar refractivity (Wildman–Crippen MR) is 41.7 cm³/mol. The number of hydrogen-bond acceptors (Lipinski definition) is 3. The monoisotopic (exact) mass is 170 g/mol. The van der Waals surface area contributed by atoms with Crippen molar-refractivity contribution in [2.75, 3.05) is 6.54 Å². The molecule has 0 radical (unpaired) electrons. The van der Waals surface area contributed by atoms with Gasteiger partial charge in [-0.1, -0.05) is 0 Å². The van der Waals surface area contributed by atoms with E-state index in [2.05, 4.69) is 5.10 Å². The molecule has 0 aromatic heterocycles. The third-order valence-corrected chi connectivity index (χ3v) is 1.65. The summed E-state index contributed by atoms with van der Waals surface area (Å²) in [6, 6.07) is 0. The zero-order valence-corrected chi connectivity index (χ0v) is 6.78. The van der Waals surface area contributed by atoms with Crippen molar-refractivity contribution in [3.8, 4) is 0 Å². The standard InChI is InChI=1S/C7H10N2O3/c1-2-9-6(10)4-3-5(8-9)7(11)12/h2-4H2,1H3,(H,11,12). The Kier molecular flexibility index (Phi) is 2.42. The third kappa shape index (κ3) is 1.61. The molecule has 0 fully saturated rings. The first-order valence-corrected chi connectivity index (χ1v) is 3.76. The zero-order valence-electron chi connectivity index (χ0n) is 6.78. The highest BCUT2D eigenvalue weighted by Crippen LogP contribution is 2.08. The predicted octanol–water partition coefficient (Wildman–Crippen LogP) is 0.0693. The van der Waals surface area contributed by atoms with Gasteiger partial charge in [0.15, 0.2) is 0 Å². The van der Waals surface area contributed by atoms with Gasteiger partial charge in [-0.3, -0.25) is 4.79 Å². The minimum absolute atomic E-state index is 0.0662. The minimum Gasteiger partial charge on any atom is -0.477 e. The van der Waals surface area contributed by atoms with Gasteiger partial charge in [-0.05, 0) is 6.92 Å². The van der Waals surface area contributed by atoms with Crippen molar-refractivity contribution in [1.82, 2.24) is 5.01 Å². The van der Waals surface area contributed by atoms with Crippen LogP contribution in [0.15, 0.2) is 5.10 Å². The Morgan fingerprint density at radius 1 is 1.67 bits per heavy atom. The van der Waals surface area contributed by atoms with Crippen LogP contribution in [-0.2, 0) is 9.59 Å². The van der Waals surface area contributed by atoms with Crippen LogP contribution in [0.4, 0.5) is 0 Å². The van der Waals surface area contributed by atoms with Gasteiger partial charge in [-0.15, -0.1) is 0 Å². The quantitative estimate of drug-likeness (QED) is 0.637. The molecule has 0 unspecified atom stereocenters. The van der Waals surface area contributed by atoms with Gasteiger partial charge in [0, 0.05) is 19.4 Å². The molecule has 5 heteroatoms. The molecule has 1 aliphatic heterocycles. The van der Waals surface area contributed by atoms with Gasteiger partial charge in [0.05, 0.1) is 0 Å². The molecule has 1 amide bonds. The van der Waals surface area contributed by atoms with Gasteiger partial charge < -0.3 is 5.11 Å². The molecule has 0 bridgehead atoms. The summed E-state index contributed by atoms with van der Waals surface area (Å²) in [5.41, 5.74) is 0.0662. The van der Waals surface area contributed by atoms with Crippen molar-refractivity contribution in [1.29, 1.82) is 0 Å². The van der Waals surface area contributed by atoms with Crippen LogP contribution in [-0.4, -0.2) is 34.2 Å². The molecule has 1 heterocycles. The first-order chi connectivity index (χ1) is 5.65. The highest BCUT2D eigenvalue weighted by atomic mass is 16.4. The number of rotatable bonds is 2. The number of carbonyl (C=O) groups is 2. The smallest absolute Gasteiger partial charge is 0.352 e. The molecule has 0 saturated carbocycles. The van der Waals surface area contributed by atoms with Gasteiger partial charge in [-0.2, -0.15) is 5.10 Å². The summed E-state index contributed by atoms with van der Waals surface area (Å²) in [4.78, 5) is 21.5. The lowest BCUT2D eigenvalue weighted by molar-refractivity contribution is -0.132. The topological polar surface area (TPSA) is 70.0 Å². The molecule has 0 saturated heterocycles. The van der Waals surface area contributed by atoms with Crippen LogP contribution in [0.5, 0.6) is 0 Å². The van der Waals surface area contributed by atoms with Gasteiger partial charge in [-0.25, -0.2) is 9.80 Å². The summed E-state index contributed by atoms with van der Waals surface area (Å²) in [6.45, 7) is 2.18. The molecule has 0 aromatic rings. The third-order valence-electron chi connectivity index (χ3n) is 1.65. The average molecular weight is 170 g/mol. The molecule has 0 aliphatic carbocycles. The molecular weight excluding hydrogens is 160 g/mol. The minimum atomic E-state index is -1.04. The van der Waals surface area contributed by atoms with E-state index >= 15 is 0 Å². The largest absolute Gasteiger partial charge is 0.477 e. The summed E-state index contributed by atoms with van der Waals surface area (Å²) in [6.07, 6.45) is 0.490. The molecular formula is C7H10N2O3. The fourth-order valence-corrected chi connectivity index (χ4v) is 1.00. The molecule has 5 nitrogen and oxygen atoms in total. The Hall–Kier alpha value is -1.39. The second-order valence-corrected chi connectivity index (χ2v) is 2.46. The van der Waals surface area contributed by atoms with E-state index in [0.29, 0.717) is 6.54 Å². The van der Waals surface area contributed by atoms with Gasteiger partial charge >= 0.3 is 5.97 Å². The first kappa shape index (κ1) is 8.70. The Morgan fingerprint density at radius 2 is 2.33 bits per heavy atom. The van der Waals surface area contributed by atoms with Crippen LogP contribution < -0.4 is 0 Å². The number of nitrogens with zero attached hydrogens (tertiary/aromatic N) is 2. The summed E-state index contributed by atoms with van der Waals surface area (Å²) >= 11 is 0. The van der Waals surface area contributed by atoms with Crippen LogP contribution in [0.1, 0.15) is 19.8 Å². The first-order valence-electron chi connectivity index (χ1n) is 3.76. The van der Waals surface area contributed by atoms with Crippen molar-refractivity contribution >= 4 is 17.6 Å². The lowest BCUT2D eigenvalue weighted by atomic mass is 10.2. The molecule has 1 aliphatic rings. The molecule has 0 atom stereocenters. The van der Waals surface area contributed by atoms with Crippen LogP contribution in [0.2, 0.25) is 0 Å². The molecule has 0 spiro atoms. The van der Waals surface area contributed by atoms with Crippen molar-refractivity contribution in [3.63, 3.8) is 0 Å². The fraction of sp³-hybridized carbons (Fsp3) is 0.571. The van der Waals surface area contributed by atoms with E-state index in [1.54, 1.807) is 6.92 Å². The maximum absolute atomic E-state index is 11.0. The number of carboxylic acids is 1.